The summed E-state index contributed by atoms with van der Waals surface area (Å²) in [4.78, 5) is 29.5. The molecule has 0 atom stereocenters. The highest BCUT2D eigenvalue weighted by molar-refractivity contribution is 6.06. The van der Waals surface area contributed by atoms with E-state index in [1.54, 1.807) is 50.9 Å². The number of carbonyl (C=O) groups is 2. The Labute approximate surface area is 227 Å². The zero-order chi connectivity index (χ0) is 27.4. The number of amides is 2. The molecule has 1 aliphatic rings. The number of anilines is 1. The SMILES string of the molecule is COc1cc(C(=O)N2CCC(c3ccc(NC(=O)c4ccccc4-n4nccn4)cc3)CC2)cc(OC)c1C. The molecule has 1 saturated heterocycles. The summed E-state index contributed by atoms with van der Waals surface area (Å²) in [5.74, 6) is 1.37. The van der Waals surface area contributed by atoms with Crippen molar-refractivity contribution in [2.24, 2.45) is 0 Å². The van der Waals surface area contributed by atoms with Crippen LogP contribution in [0, 0.1) is 6.92 Å². The maximum Gasteiger partial charge on any atom is 0.257 e. The molecule has 0 radical (unpaired) electrons. The Morgan fingerprint density at radius 2 is 1.51 bits per heavy atom. The van der Waals surface area contributed by atoms with E-state index in [-0.39, 0.29) is 11.8 Å². The highest BCUT2D eigenvalue weighted by Crippen LogP contribution is 2.33. The van der Waals surface area contributed by atoms with Crippen LogP contribution in [0.3, 0.4) is 0 Å². The summed E-state index contributed by atoms with van der Waals surface area (Å²) in [5, 5.41) is 11.3. The molecule has 2 amide bonds. The molecule has 3 aromatic carbocycles. The van der Waals surface area contributed by atoms with Gasteiger partial charge in [-0.25, -0.2) is 0 Å². The predicted molar refractivity (Wildman–Crippen MR) is 148 cm³/mol. The number of para-hydroxylation sites is 1. The third kappa shape index (κ3) is 5.47. The standard InChI is InChI=1S/C30H31N5O4/c1-20-27(38-2)18-23(19-28(20)39-3)30(37)34-16-12-22(13-17-34)21-8-10-24(11-9-21)33-29(36)25-6-4-5-7-26(25)35-31-14-15-32-35/h4-11,14-15,18-19,22H,12-13,16-17H2,1-3H3,(H,33,36). The average molecular weight is 526 g/mol. The van der Waals surface area contributed by atoms with E-state index in [4.69, 9.17) is 9.47 Å². The first-order valence-electron chi connectivity index (χ1n) is 12.9. The maximum atomic E-state index is 13.2. The van der Waals surface area contributed by atoms with Gasteiger partial charge in [-0.2, -0.15) is 15.0 Å². The molecule has 1 N–H and O–H groups in total. The lowest BCUT2D eigenvalue weighted by atomic mass is 9.89. The van der Waals surface area contributed by atoms with Gasteiger partial charge >= 0.3 is 0 Å². The van der Waals surface area contributed by atoms with Crippen LogP contribution in [0.2, 0.25) is 0 Å². The molecule has 2 heterocycles. The van der Waals surface area contributed by atoms with Crippen LogP contribution in [-0.2, 0) is 0 Å². The number of hydrogen-bond donors (Lipinski definition) is 1. The quantitative estimate of drug-likeness (QED) is 0.370. The number of piperidine rings is 1. The summed E-state index contributed by atoms with van der Waals surface area (Å²) in [5.41, 5.74) is 4.44. The van der Waals surface area contributed by atoms with Gasteiger partial charge in [0.05, 0.1) is 37.9 Å². The fraction of sp³-hybridized carbons (Fsp3) is 0.267. The van der Waals surface area contributed by atoms with Gasteiger partial charge in [0, 0.05) is 29.9 Å². The fourth-order valence-electron chi connectivity index (χ4n) is 5.03. The van der Waals surface area contributed by atoms with E-state index in [0.717, 1.165) is 18.4 Å². The first-order chi connectivity index (χ1) is 19.0. The number of aromatic nitrogens is 3. The zero-order valence-electron chi connectivity index (χ0n) is 22.3. The van der Waals surface area contributed by atoms with Crippen molar-refractivity contribution < 1.29 is 19.1 Å². The monoisotopic (exact) mass is 525 g/mol. The minimum absolute atomic E-state index is 0.0197. The molecule has 4 aromatic rings. The Morgan fingerprint density at radius 3 is 2.13 bits per heavy atom. The van der Waals surface area contributed by atoms with Gasteiger partial charge in [-0.1, -0.05) is 24.3 Å². The number of benzene rings is 3. The Hall–Kier alpha value is -4.66. The van der Waals surface area contributed by atoms with Gasteiger partial charge in [0.25, 0.3) is 11.8 Å². The number of ether oxygens (including phenoxy) is 2. The van der Waals surface area contributed by atoms with Crippen LogP contribution >= 0.6 is 0 Å². The minimum atomic E-state index is -0.230. The van der Waals surface area contributed by atoms with Crippen molar-refractivity contribution in [1.29, 1.82) is 0 Å². The van der Waals surface area contributed by atoms with Crippen molar-refractivity contribution in [2.75, 3.05) is 32.6 Å². The molecule has 1 aliphatic heterocycles. The van der Waals surface area contributed by atoms with Crippen LogP contribution in [-0.4, -0.2) is 59.0 Å². The van der Waals surface area contributed by atoms with Gasteiger partial charge in [0.2, 0.25) is 0 Å². The molecule has 0 spiro atoms. The molecule has 5 rings (SSSR count). The van der Waals surface area contributed by atoms with Crippen LogP contribution in [0.1, 0.15) is 50.6 Å². The number of nitrogens with one attached hydrogen (secondary N) is 1. The lowest BCUT2D eigenvalue weighted by molar-refractivity contribution is 0.0712. The smallest absolute Gasteiger partial charge is 0.257 e. The third-order valence-electron chi connectivity index (χ3n) is 7.20. The van der Waals surface area contributed by atoms with Gasteiger partial charge < -0.3 is 19.7 Å². The number of likely N-dealkylation sites (tertiary alicyclic amines) is 1. The molecular weight excluding hydrogens is 494 g/mol. The number of hydrogen-bond acceptors (Lipinski definition) is 6. The second-order valence-corrected chi connectivity index (χ2v) is 9.48. The highest BCUT2D eigenvalue weighted by atomic mass is 16.5. The van der Waals surface area contributed by atoms with Crippen molar-refractivity contribution >= 4 is 17.5 Å². The van der Waals surface area contributed by atoms with Gasteiger partial charge in [0.1, 0.15) is 11.5 Å². The third-order valence-corrected chi connectivity index (χ3v) is 7.20. The van der Waals surface area contributed by atoms with Gasteiger partial charge in [0.15, 0.2) is 0 Å². The van der Waals surface area contributed by atoms with Crippen molar-refractivity contribution in [1.82, 2.24) is 19.9 Å². The van der Waals surface area contributed by atoms with E-state index >= 15 is 0 Å². The van der Waals surface area contributed by atoms with Gasteiger partial charge in [-0.05, 0) is 67.6 Å². The van der Waals surface area contributed by atoms with E-state index in [1.165, 1.54) is 10.4 Å². The van der Waals surface area contributed by atoms with Crippen molar-refractivity contribution in [3.05, 3.63) is 95.3 Å². The molecule has 1 fully saturated rings. The van der Waals surface area contributed by atoms with Crippen LogP contribution in [0.4, 0.5) is 5.69 Å². The summed E-state index contributed by atoms with van der Waals surface area (Å²) in [6, 6.07) is 18.7. The Kier molecular flexibility index (Phi) is 7.58. The largest absolute Gasteiger partial charge is 0.496 e. The average Bonchev–Trinajstić information content (AvgIpc) is 3.52. The van der Waals surface area contributed by atoms with Crippen LogP contribution in [0.5, 0.6) is 11.5 Å². The van der Waals surface area contributed by atoms with E-state index in [2.05, 4.69) is 27.6 Å². The molecule has 0 unspecified atom stereocenters. The van der Waals surface area contributed by atoms with Crippen LogP contribution in [0.25, 0.3) is 5.69 Å². The number of nitrogens with zero attached hydrogens (tertiary/aromatic N) is 4. The second kappa shape index (κ2) is 11.4. The lowest BCUT2D eigenvalue weighted by Crippen LogP contribution is -2.38. The van der Waals surface area contributed by atoms with E-state index in [1.807, 2.05) is 36.1 Å². The minimum Gasteiger partial charge on any atom is -0.496 e. The lowest BCUT2D eigenvalue weighted by Gasteiger charge is -2.32. The predicted octanol–water partition coefficient (Wildman–Crippen LogP) is 4.87. The summed E-state index contributed by atoms with van der Waals surface area (Å²) >= 11 is 0. The molecular formula is C30H31N5O4. The molecule has 39 heavy (non-hydrogen) atoms. The summed E-state index contributed by atoms with van der Waals surface area (Å²) in [6.45, 7) is 3.24. The molecule has 9 heteroatoms. The zero-order valence-corrected chi connectivity index (χ0v) is 22.3. The Balaban J connectivity index is 1.21. The fourth-order valence-corrected chi connectivity index (χ4v) is 5.03. The second-order valence-electron chi connectivity index (χ2n) is 9.48. The number of methoxy groups -OCH3 is 2. The summed E-state index contributed by atoms with van der Waals surface area (Å²) < 4.78 is 10.9. The van der Waals surface area contributed by atoms with Crippen LogP contribution in [0.15, 0.2) is 73.1 Å². The maximum absolute atomic E-state index is 13.2. The summed E-state index contributed by atoms with van der Waals surface area (Å²) in [7, 11) is 3.19. The summed E-state index contributed by atoms with van der Waals surface area (Å²) in [6.07, 6.45) is 4.87. The Morgan fingerprint density at radius 1 is 0.897 bits per heavy atom. The van der Waals surface area contributed by atoms with E-state index in [9.17, 15) is 9.59 Å². The topological polar surface area (TPSA) is 98.6 Å². The molecule has 9 nitrogen and oxygen atoms in total. The normalized spacial score (nSPS) is 13.7. The van der Waals surface area contributed by atoms with Crippen LogP contribution < -0.4 is 14.8 Å². The van der Waals surface area contributed by atoms with E-state index < -0.39 is 0 Å². The first kappa shape index (κ1) is 26.0. The number of rotatable bonds is 7. The molecule has 0 bridgehead atoms. The molecule has 1 aromatic heterocycles. The van der Waals surface area contributed by atoms with Crippen molar-refractivity contribution in [3.8, 4) is 17.2 Å². The Bertz CT molecular complexity index is 1430. The first-order valence-corrected chi connectivity index (χ1v) is 12.9. The molecule has 200 valence electrons. The molecule has 0 saturated carbocycles. The van der Waals surface area contributed by atoms with Crippen molar-refractivity contribution in [3.63, 3.8) is 0 Å². The number of carbonyl (C=O) groups excluding carboxylic acids is 2. The molecule has 0 aliphatic carbocycles. The van der Waals surface area contributed by atoms with Gasteiger partial charge in [-0.3, -0.25) is 9.59 Å². The highest BCUT2D eigenvalue weighted by Gasteiger charge is 2.26. The van der Waals surface area contributed by atoms with E-state index in [0.29, 0.717) is 53.0 Å². The van der Waals surface area contributed by atoms with Crippen molar-refractivity contribution in [2.45, 2.75) is 25.7 Å². The van der Waals surface area contributed by atoms with Gasteiger partial charge in [-0.15, -0.1) is 0 Å².